The first kappa shape index (κ1) is 26.2. The molecule has 4 N–H and O–H groups in total. The molecule has 3 saturated heterocycles. The number of halogens is 1. The molecule has 1 amide bonds. The van der Waals surface area contributed by atoms with Crippen LogP contribution in [-0.2, 0) is 0 Å². The minimum absolute atomic E-state index is 0. The van der Waals surface area contributed by atoms with E-state index in [0.717, 1.165) is 58.4 Å². The molecule has 2 aromatic heterocycles. The van der Waals surface area contributed by atoms with Gasteiger partial charge in [0.25, 0.3) is 5.91 Å². The summed E-state index contributed by atoms with van der Waals surface area (Å²) in [5.74, 6) is 0.543. The highest BCUT2D eigenvalue weighted by atomic mass is 19.1. The van der Waals surface area contributed by atoms with Crippen LogP contribution in [0, 0.1) is 11.7 Å². The van der Waals surface area contributed by atoms with Gasteiger partial charge in [0.15, 0.2) is 0 Å². The lowest BCUT2D eigenvalue weighted by atomic mass is 9.84. The number of anilines is 1. The molecule has 2 bridgehead atoms. The highest BCUT2D eigenvalue weighted by Crippen LogP contribution is 2.39. The Hall–Kier alpha value is -4.69. The van der Waals surface area contributed by atoms with E-state index in [9.17, 15) is 9.18 Å². The highest BCUT2D eigenvalue weighted by molar-refractivity contribution is 6.15. The number of primary amides is 1. The number of para-hydroxylation sites is 1. The van der Waals surface area contributed by atoms with E-state index in [4.69, 9.17) is 10.7 Å². The van der Waals surface area contributed by atoms with Crippen LogP contribution in [0.2, 0.25) is 0 Å². The van der Waals surface area contributed by atoms with Gasteiger partial charge in [0.1, 0.15) is 11.6 Å². The second-order valence-corrected chi connectivity index (χ2v) is 11.3. The van der Waals surface area contributed by atoms with Gasteiger partial charge in [0, 0.05) is 40.3 Å². The van der Waals surface area contributed by atoms with Crippen molar-refractivity contribution >= 4 is 44.4 Å². The summed E-state index contributed by atoms with van der Waals surface area (Å²) in [6.07, 6.45) is 2.35. The Bertz CT molecular complexity index is 1980. The molecule has 0 radical (unpaired) electrons. The number of aromatic nitrogens is 3. The number of aromatic amines is 1. The third-order valence-corrected chi connectivity index (χ3v) is 8.92. The zero-order valence-electron chi connectivity index (χ0n) is 22.4. The number of benzene rings is 4. The molecule has 6 aromatic rings. The lowest BCUT2D eigenvalue weighted by Crippen LogP contribution is -2.53. The van der Waals surface area contributed by atoms with Crippen LogP contribution in [0.3, 0.4) is 0 Å². The van der Waals surface area contributed by atoms with E-state index >= 15 is 0 Å². The van der Waals surface area contributed by atoms with Gasteiger partial charge in [-0.2, -0.15) is 0 Å². The number of piperidine rings is 3. The van der Waals surface area contributed by atoms with Crippen LogP contribution in [0.5, 0.6) is 0 Å². The van der Waals surface area contributed by atoms with Gasteiger partial charge in [-0.3, -0.25) is 4.79 Å². The van der Waals surface area contributed by atoms with Crippen molar-refractivity contribution in [3.05, 3.63) is 90.2 Å². The maximum Gasteiger partial charge on any atom is 0.250 e. The second kappa shape index (κ2) is 9.99. The monoisotopic (exact) mass is 560 g/mol. The lowest BCUT2D eigenvalue weighted by molar-refractivity contribution is 0.0969. The van der Waals surface area contributed by atoms with Gasteiger partial charge in [-0.1, -0.05) is 37.8 Å². The summed E-state index contributed by atoms with van der Waals surface area (Å²) >= 11 is 0. The summed E-state index contributed by atoms with van der Waals surface area (Å²) in [7, 11) is 0. The third kappa shape index (κ3) is 4.13. The van der Waals surface area contributed by atoms with Crippen LogP contribution < -0.4 is 11.1 Å². The van der Waals surface area contributed by atoms with E-state index in [-0.39, 0.29) is 19.3 Å². The number of fused-ring (bicyclic) bond motifs is 7. The Morgan fingerprint density at radius 2 is 1.79 bits per heavy atom. The molecule has 212 valence electrons. The van der Waals surface area contributed by atoms with Gasteiger partial charge >= 0.3 is 0 Å². The third-order valence-electron chi connectivity index (χ3n) is 8.92. The van der Waals surface area contributed by atoms with Crippen LogP contribution in [0.4, 0.5) is 10.1 Å². The number of imidazole rings is 1. The van der Waals surface area contributed by atoms with Crippen molar-refractivity contribution in [2.75, 3.05) is 25.0 Å². The van der Waals surface area contributed by atoms with Gasteiger partial charge in [0.2, 0.25) is 0 Å². The van der Waals surface area contributed by atoms with E-state index in [2.05, 4.69) is 44.0 Å². The molecular formula is C34H33FN6O. The van der Waals surface area contributed by atoms with Crippen LogP contribution in [-0.4, -0.2) is 51.0 Å². The summed E-state index contributed by atoms with van der Waals surface area (Å²) in [5, 5.41) is 5.84. The molecule has 42 heavy (non-hydrogen) atoms. The predicted molar refractivity (Wildman–Crippen MR) is 168 cm³/mol. The van der Waals surface area contributed by atoms with Gasteiger partial charge in [-0.05, 0) is 80.4 Å². The number of carbonyl (C=O) groups excluding carboxylic acids is 1. The summed E-state index contributed by atoms with van der Waals surface area (Å²) in [5.41, 5.74) is 12.4. The van der Waals surface area contributed by atoms with Crippen molar-refractivity contribution in [1.29, 1.82) is 0 Å². The van der Waals surface area contributed by atoms with Crippen LogP contribution in [0.15, 0.2) is 78.9 Å². The summed E-state index contributed by atoms with van der Waals surface area (Å²) < 4.78 is 16.1. The number of carbonyl (C=O) groups is 1. The second-order valence-electron chi connectivity index (χ2n) is 11.3. The minimum Gasteiger partial charge on any atom is -0.380 e. The quantitative estimate of drug-likeness (QED) is 0.219. The Kier molecular flexibility index (Phi) is 6.24. The van der Waals surface area contributed by atoms with Crippen molar-refractivity contribution < 1.29 is 9.18 Å². The zero-order chi connectivity index (χ0) is 27.7. The van der Waals surface area contributed by atoms with Crippen molar-refractivity contribution in [3.8, 4) is 17.1 Å². The lowest BCUT2D eigenvalue weighted by Gasteiger charge is -2.45. The largest absolute Gasteiger partial charge is 0.380 e. The van der Waals surface area contributed by atoms with Gasteiger partial charge < -0.3 is 25.5 Å². The van der Waals surface area contributed by atoms with E-state index in [1.54, 1.807) is 6.07 Å². The number of H-pyrrole nitrogens is 1. The molecule has 8 heteroatoms. The van der Waals surface area contributed by atoms with Gasteiger partial charge in [-0.25, -0.2) is 9.37 Å². The highest BCUT2D eigenvalue weighted by Gasteiger charge is 2.34. The molecule has 5 heterocycles. The Morgan fingerprint density at radius 3 is 2.57 bits per heavy atom. The SMILES string of the molecule is C.NC(=O)c1ccc(-n2c3ccccc3c3c(-c4nc5ccc(F)cc5[nH]4)cccc32)cc1N[C@H]1CN2CCC1CC2. The molecule has 3 aliphatic rings. The predicted octanol–water partition coefficient (Wildman–Crippen LogP) is 6.71. The van der Waals surface area contributed by atoms with Gasteiger partial charge in [0.05, 0.1) is 27.6 Å². The maximum absolute atomic E-state index is 13.9. The Morgan fingerprint density at radius 1 is 0.976 bits per heavy atom. The maximum atomic E-state index is 13.9. The zero-order valence-corrected chi connectivity index (χ0v) is 22.4. The first-order valence-electron chi connectivity index (χ1n) is 14.1. The molecule has 9 rings (SSSR count). The first-order valence-corrected chi connectivity index (χ1v) is 14.1. The molecule has 0 spiro atoms. The van der Waals surface area contributed by atoms with Gasteiger partial charge in [-0.15, -0.1) is 0 Å². The average Bonchev–Trinajstić information content (AvgIpc) is 3.56. The van der Waals surface area contributed by atoms with E-state index < -0.39 is 5.91 Å². The molecule has 0 aliphatic carbocycles. The number of nitrogens with two attached hydrogens (primary N) is 1. The molecule has 4 aromatic carbocycles. The average molecular weight is 561 g/mol. The number of nitrogens with one attached hydrogen (secondary N) is 2. The first-order chi connectivity index (χ1) is 20.0. The summed E-state index contributed by atoms with van der Waals surface area (Å²) in [4.78, 5) is 23.1. The van der Waals surface area contributed by atoms with Crippen LogP contribution >= 0.6 is 0 Å². The standard InChI is InChI=1S/C33H29FN6O.CH4/c34-20-8-11-25-27(16-20)38-33(37-25)24-5-3-7-30-31(24)23-4-1-2-6-29(23)40(30)21-9-10-22(32(35)41)26(17-21)36-28-18-39-14-12-19(28)13-15-39;/h1-11,16-17,19,28,36H,12-15,18H2,(H2,35,41)(H,37,38);1H4/t28-;/m0./s1. The number of nitrogens with zero attached hydrogens (tertiary/aromatic N) is 3. The number of hydrogen-bond donors (Lipinski definition) is 3. The van der Waals surface area contributed by atoms with Crippen molar-refractivity contribution in [1.82, 2.24) is 19.4 Å². The topological polar surface area (TPSA) is 92.0 Å². The fourth-order valence-corrected chi connectivity index (χ4v) is 6.94. The minimum atomic E-state index is -0.439. The number of amides is 1. The molecule has 3 aliphatic heterocycles. The van der Waals surface area contributed by atoms with Crippen molar-refractivity contribution in [3.63, 3.8) is 0 Å². The van der Waals surface area contributed by atoms with Crippen molar-refractivity contribution in [2.24, 2.45) is 11.7 Å². The fourth-order valence-electron chi connectivity index (χ4n) is 6.94. The molecule has 0 unspecified atom stereocenters. The van der Waals surface area contributed by atoms with E-state index in [1.807, 2.05) is 36.4 Å². The molecular weight excluding hydrogens is 527 g/mol. The van der Waals surface area contributed by atoms with Crippen molar-refractivity contribution in [2.45, 2.75) is 26.3 Å². The van der Waals surface area contributed by atoms with E-state index in [0.29, 0.717) is 28.3 Å². The molecule has 0 saturated carbocycles. The van der Waals surface area contributed by atoms with E-state index in [1.165, 1.54) is 25.0 Å². The fraction of sp³-hybridized carbons (Fsp3) is 0.235. The number of hydrogen-bond acceptors (Lipinski definition) is 4. The normalized spacial score (nSPS) is 19.8. The van der Waals surface area contributed by atoms with Crippen LogP contribution in [0.25, 0.3) is 49.9 Å². The van der Waals surface area contributed by atoms with Crippen LogP contribution in [0.1, 0.15) is 30.6 Å². The summed E-state index contributed by atoms with van der Waals surface area (Å²) in [6, 6.07) is 25.2. The molecule has 7 nitrogen and oxygen atoms in total. The molecule has 1 atom stereocenters. The Balaban J connectivity index is 0.00000288. The Labute approximate surface area is 243 Å². The summed E-state index contributed by atoms with van der Waals surface area (Å²) in [6.45, 7) is 3.28. The number of rotatable bonds is 5. The smallest absolute Gasteiger partial charge is 0.250 e. The molecule has 3 fully saturated rings.